The number of aliphatic carboxylic acids is 1. The number of piperidine rings is 1. The van der Waals surface area contributed by atoms with E-state index in [2.05, 4.69) is 0 Å². The molecule has 0 aromatic heterocycles. The van der Waals surface area contributed by atoms with Crippen LogP contribution in [0.25, 0.3) is 0 Å². The van der Waals surface area contributed by atoms with Gasteiger partial charge in [-0.1, -0.05) is 0 Å². The molecule has 1 rings (SSSR count). The molecule has 1 aliphatic heterocycles. The molecule has 1 saturated heterocycles. The maximum atomic E-state index is 13.1. The van der Waals surface area contributed by atoms with Crippen LogP contribution >= 0.6 is 0 Å². The summed E-state index contributed by atoms with van der Waals surface area (Å²) in [4.78, 5) is 23.3. The first kappa shape index (κ1) is 18.6. The molecule has 2 atom stereocenters. The number of amides is 1. The molecule has 1 heterocycles. The van der Waals surface area contributed by atoms with Gasteiger partial charge in [0.2, 0.25) is 0 Å². The predicted molar refractivity (Wildman–Crippen MR) is 72.4 cm³/mol. The molecular formula is C14H22F3NO4. The van der Waals surface area contributed by atoms with Gasteiger partial charge in [-0.05, 0) is 46.0 Å². The van der Waals surface area contributed by atoms with Crippen LogP contribution in [0.4, 0.5) is 18.0 Å². The number of carboxylic acids is 1. The Hall–Kier alpha value is -1.47. The van der Waals surface area contributed by atoms with Crippen molar-refractivity contribution >= 4 is 12.1 Å². The van der Waals surface area contributed by atoms with Gasteiger partial charge < -0.3 is 9.84 Å². The fourth-order valence-electron chi connectivity index (χ4n) is 2.47. The molecular weight excluding hydrogens is 303 g/mol. The van der Waals surface area contributed by atoms with E-state index < -0.39 is 29.9 Å². The highest BCUT2D eigenvalue weighted by Crippen LogP contribution is 2.35. The Bertz CT molecular complexity index is 417. The Balaban J connectivity index is 2.82. The lowest BCUT2D eigenvalue weighted by molar-refractivity contribution is -0.191. The second-order valence-electron chi connectivity index (χ2n) is 6.57. The highest BCUT2D eigenvalue weighted by molar-refractivity contribution is 5.69. The average molecular weight is 325 g/mol. The summed E-state index contributed by atoms with van der Waals surface area (Å²) < 4.78 is 44.3. The molecule has 1 aliphatic rings. The molecule has 0 aliphatic carbocycles. The predicted octanol–water partition coefficient (Wildman–Crippen LogP) is 3.43. The van der Waals surface area contributed by atoms with Gasteiger partial charge in [0, 0.05) is 13.0 Å². The molecule has 0 bridgehead atoms. The van der Waals surface area contributed by atoms with E-state index >= 15 is 0 Å². The first-order valence-electron chi connectivity index (χ1n) is 7.18. The van der Waals surface area contributed by atoms with Crippen molar-refractivity contribution in [3.05, 3.63) is 0 Å². The van der Waals surface area contributed by atoms with Gasteiger partial charge in [0.25, 0.3) is 0 Å². The number of carboxylic acid groups (broad SMARTS) is 1. The van der Waals surface area contributed by atoms with Crippen LogP contribution in [0.2, 0.25) is 0 Å². The van der Waals surface area contributed by atoms with Gasteiger partial charge in [-0.25, -0.2) is 4.79 Å². The number of nitrogens with zero attached hydrogens (tertiary/aromatic N) is 1. The lowest BCUT2D eigenvalue weighted by Crippen LogP contribution is -2.54. The molecule has 0 radical (unpaired) electrons. The number of alkyl halides is 3. The maximum Gasteiger partial charge on any atom is 0.410 e. The zero-order chi connectivity index (χ0) is 17.1. The number of rotatable bonds is 3. The van der Waals surface area contributed by atoms with E-state index in [-0.39, 0.29) is 38.1 Å². The minimum absolute atomic E-state index is 0.122. The molecule has 0 aromatic carbocycles. The number of carbonyl (C=O) groups is 2. The average Bonchev–Trinajstić information content (AvgIpc) is 2.32. The van der Waals surface area contributed by atoms with Gasteiger partial charge in [0.05, 0.1) is 0 Å². The van der Waals surface area contributed by atoms with E-state index in [9.17, 15) is 22.8 Å². The van der Waals surface area contributed by atoms with Gasteiger partial charge in [0.1, 0.15) is 11.6 Å². The summed E-state index contributed by atoms with van der Waals surface area (Å²) in [6.07, 6.45) is -5.38. The van der Waals surface area contributed by atoms with Crippen molar-refractivity contribution in [3.8, 4) is 0 Å². The Morgan fingerprint density at radius 1 is 1.23 bits per heavy atom. The topological polar surface area (TPSA) is 66.8 Å². The summed E-state index contributed by atoms with van der Waals surface area (Å²) >= 11 is 0. The SMILES string of the molecule is CC(C)(C)OC(=O)N1CC(CCC(=O)O)CCC1C(F)(F)F. The standard InChI is InChI=1S/C14H22F3NO4/c1-13(2,3)22-12(21)18-8-9(5-7-11(19)20)4-6-10(18)14(15,16)17/h9-10H,4-8H2,1-3H3,(H,19,20). The fourth-order valence-corrected chi connectivity index (χ4v) is 2.47. The summed E-state index contributed by atoms with van der Waals surface area (Å²) in [6, 6.07) is -1.87. The lowest BCUT2D eigenvalue weighted by atomic mass is 9.89. The number of hydrogen-bond donors (Lipinski definition) is 1. The minimum Gasteiger partial charge on any atom is -0.481 e. The Morgan fingerprint density at radius 2 is 1.82 bits per heavy atom. The Kier molecular flexibility index (Phi) is 5.70. The first-order chi connectivity index (χ1) is 9.90. The summed E-state index contributed by atoms with van der Waals surface area (Å²) in [5, 5.41) is 8.67. The molecule has 1 fully saturated rings. The number of hydrogen-bond acceptors (Lipinski definition) is 3. The molecule has 0 saturated carbocycles. The van der Waals surface area contributed by atoms with Crippen molar-refractivity contribution in [2.24, 2.45) is 5.92 Å². The molecule has 1 N–H and O–H groups in total. The van der Waals surface area contributed by atoms with Crippen molar-refractivity contribution < 1.29 is 32.6 Å². The molecule has 5 nitrogen and oxygen atoms in total. The number of ether oxygens (including phenoxy) is 1. The molecule has 1 amide bonds. The lowest BCUT2D eigenvalue weighted by Gasteiger charge is -2.40. The number of halogens is 3. The normalized spacial score (nSPS) is 23.3. The van der Waals surface area contributed by atoms with E-state index in [4.69, 9.17) is 9.84 Å². The third kappa shape index (κ3) is 5.73. The molecule has 2 unspecified atom stereocenters. The van der Waals surface area contributed by atoms with Gasteiger partial charge in [-0.3, -0.25) is 9.69 Å². The van der Waals surface area contributed by atoms with Crippen molar-refractivity contribution in [3.63, 3.8) is 0 Å². The highest BCUT2D eigenvalue weighted by Gasteiger charge is 2.49. The highest BCUT2D eigenvalue weighted by atomic mass is 19.4. The van der Waals surface area contributed by atoms with Crippen molar-refractivity contribution in [2.75, 3.05) is 6.54 Å². The van der Waals surface area contributed by atoms with Crippen LogP contribution in [-0.4, -0.2) is 46.4 Å². The van der Waals surface area contributed by atoms with Gasteiger partial charge >= 0.3 is 18.2 Å². The summed E-state index contributed by atoms with van der Waals surface area (Å²) in [7, 11) is 0. The van der Waals surface area contributed by atoms with E-state index in [1.165, 1.54) is 0 Å². The maximum absolute atomic E-state index is 13.1. The Morgan fingerprint density at radius 3 is 2.27 bits per heavy atom. The van der Waals surface area contributed by atoms with Crippen LogP contribution in [0.15, 0.2) is 0 Å². The summed E-state index contributed by atoms with van der Waals surface area (Å²) in [5.41, 5.74) is -0.888. The van der Waals surface area contributed by atoms with Gasteiger partial charge in [-0.2, -0.15) is 13.2 Å². The molecule has 128 valence electrons. The van der Waals surface area contributed by atoms with E-state index in [0.717, 1.165) is 0 Å². The zero-order valence-corrected chi connectivity index (χ0v) is 12.9. The number of carbonyl (C=O) groups excluding carboxylic acids is 1. The van der Waals surface area contributed by atoms with Crippen molar-refractivity contribution in [1.82, 2.24) is 4.90 Å². The largest absolute Gasteiger partial charge is 0.481 e. The number of likely N-dealkylation sites (tertiary alicyclic amines) is 1. The monoisotopic (exact) mass is 325 g/mol. The van der Waals surface area contributed by atoms with Crippen LogP contribution in [-0.2, 0) is 9.53 Å². The second kappa shape index (κ2) is 6.75. The summed E-state index contributed by atoms with van der Waals surface area (Å²) in [5.74, 6) is -1.26. The van der Waals surface area contributed by atoms with Crippen LogP contribution in [0.5, 0.6) is 0 Å². The minimum atomic E-state index is -4.52. The molecule has 8 heteroatoms. The quantitative estimate of drug-likeness (QED) is 0.863. The first-order valence-corrected chi connectivity index (χ1v) is 7.18. The molecule has 0 spiro atoms. The van der Waals surface area contributed by atoms with Crippen molar-refractivity contribution in [2.45, 2.75) is 64.3 Å². The van der Waals surface area contributed by atoms with Crippen LogP contribution in [0, 0.1) is 5.92 Å². The Labute approximate surface area is 127 Å². The molecule has 22 heavy (non-hydrogen) atoms. The van der Waals surface area contributed by atoms with Crippen LogP contribution in [0.1, 0.15) is 46.5 Å². The van der Waals surface area contributed by atoms with E-state index in [1.54, 1.807) is 20.8 Å². The molecule has 0 aromatic rings. The third-order valence-electron chi connectivity index (χ3n) is 3.45. The van der Waals surface area contributed by atoms with Gasteiger partial charge in [0.15, 0.2) is 0 Å². The zero-order valence-electron chi connectivity index (χ0n) is 12.9. The van der Waals surface area contributed by atoms with Crippen molar-refractivity contribution in [1.29, 1.82) is 0 Å². The van der Waals surface area contributed by atoms with E-state index in [1.807, 2.05) is 0 Å². The third-order valence-corrected chi connectivity index (χ3v) is 3.45. The van der Waals surface area contributed by atoms with E-state index in [0.29, 0.717) is 4.90 Å². The fraction of sp³-hybridized carbons (Fsp3) is 0.857. The second-order valence-corrected chi connectivity index (χ2v) is 6.57. The van der Waals surface area contributed by atoms with Crippen LogP contribution in [0.3, 0.4) is 0 Å². The van der Waals surface area contributed by atoms with Gasteiger partial charge in [-0.15, -0.1) is 0 Å². The summed E-state index contributed by atoms with van der Waals surface area (Å²) in [6.45, 7) is 4.62. The van der Waals surface area contributed by atoms with Crippen LogP contribution < -0.4 is 0 Å². The smallest absolute Gasteiger partial charge is 0.410 e.